The second-order valence-electron chi connectivity index (χ2n) is 8.01. The maximum absolute atomic E-state index is 6.84. The first kappa shape index (κ1) is 24.6. The van der Waals surface area contributed by atoms with Gasteiger partial charge in [-0.3, -0.25) is 0 Å². The van der Waals surface area contributed by atoms with Crippen LogP contribution in [0.5, 0.6) is 0 Å². The minimum absolute atomic E-state index is 0.161. The van der Waals surface area contributed by atoms with Crippen LogP contribution in [0, 0.1) is 13.8 Å². The molecule has 0 aliphatic rings. The van der Waals surface area contributed by atoms with E-state index in [0.717, 1.165) is 23.5 Å². The van der Waals surface area contributed by atoms with Crippen LogP contribution in [-0.4, -0.2) is 10.7 Å². The number of hydrogen-bond acceptors (Lipinski definition) is 1. The van der Waals surface area contributed by atoms with E-state index in [0.29, 0.717) is 0 Å². The smallest absolute Gasteiger partial charge is 0.0833 e. The zero-order valence-electron chi connectivity index (χ0n) is 18.0. The molecule has 0 saturated heterocycles. The molecule has 0 heterocycles. The molecule has 0 N–H and O–H groups in total. The van der Waals surface area contributed by atoms with E-state index in [-0.39, 0.29) is 12.2 Å². The first-order chi connectivity index (χ1) is 14.1. The molecule has 0 radical (unpaired) electrons. The van der Waals surface area contributed by atoms with Crippen molar-refractivity contribution in [3.8, 4) is 0 Å². The summed E-state index contributed by atoms with van der Waals surface area (Å²) in [5, 5.41) is 2.17. The minimum Gasteiger partial charge on any atom is -0.366 e. The molecule has 2 aromatic rings. The Morgan fingerprint density at radius 2 is 0.966 bits per heavy atom. The molecule has 29 heavy (non-hydrogen) atoms. The Balaban J connectivity index is 2.14. The quantitative estimate of drug-likeness (QED) is 0.177. The fraction of sp³-hybridized carbons (Fsp3) is 0.538. The Morgan fingerprint density at radius 3 is 1.31 bits per heavy atom. The molecule has 0 saturated carbocycles. The molecule has 0 fully saturated rings. The molecule has 0 aromatic heterocycles. The summed E-state index contributed by atoms with van der Waals surface area (Å²) >= 11 is 7.11. The van der Waals surface area contributed by atoms with Crippen LogP contribution in [0.1, 0.15) is 85.8 Å². The predicted octanol–water partition coefficient (Wildman–Crippen LogP) is 9.01. The van der Waals surface area contributed by atoms with E-state index in [9.17, 15) is 0 Å². The van der Waals surface area contributed by atoms with Crippen molar-refractivity contribution < 1.29 is 4.74 Å². The van der Waals surface area contributed by atoms with Gasteiger partial charge in [-0.25, -0.2) is 0 Å². The maximum atomic E-state index is 6.84. The Labute approximate surface area is 194 Å². The lowest BCUT2D eigenvalue weighted by molar-refractivity contribution is -0.0263. The summed E-state index contributed by atoms with van der Waals surface area (Å²) in [6, 6.07) is 17.8. The van der Waals surface area contributed by atoms with Crippen molar-refractivity contribution in [3.63, 3.8) is 0 Å². The molecule has 2 aromatic carbocycles. The summed E-state index contributed by atoms with van der Waals surface area (Å²) in [5.41, 5.74) is 5.23. The van der Waals surface area contributed by atoms with Crippen molar-refractivity contribution >= 4 is 31.9 Å². The Kier molecular flexibility index (Phi) is 12.2. The molecule has 2 atom stereocenters. The van der Waals surface area contributed by atoms with Gasteiger partial charge in [0.05, 0.1) is 12.2 Å². The summed E-state index contributed by atoms with van der Waals surface area (Å²) in [7, 11) is 0. The zero-order chi connectivity index (χ0) is 20.9. The largest absolute Gasteiger partial charge is 0.366 e. The van der Waals surface area contributed by atoms with Gasteiger partial charge in [0.1, 0.15) is 0 Å². The van der Waals surface area contributed by atoms with Crippen molar-refractivity contribution in [3.05, 3.63) is 70.8 Å². The molecule has 0 aliphatic heterocycles. The average molecular weight is 524 g/mol. The Hall–Kier alpha value is -0.640. The van der Waals surface area contributed by atoms with E-state index in [2.05, 4.69) is 94.2 Å². The van der Waals surface area contributed by atoms with Gasteiger partial charge in [-0.2, -0.15) is 0 Å². The van der Waals surface area contributed by atoms with Crippen LogP contribution in [0.15, 0.2) is 48.5 Å². The molecular weight excluding hydrogens is 488 g/mol. The number of halogens is 2. The molecule has 1 nitrogen and oxygen atoms in total. The summed E-state index contributed by atoms with van der Waals surface area (Å²) in [6.45, 7) is 4.29. The third kappa shape index (κ3) is 9.36. The lowest BCUT2D eigenvalue weighted by atomic mass is 9.98. The van der Waals surface area contributed by atoms with Crippen LogP contribution in [0.3, 0.4) is 0 Å². The summed E-state index contributed by atoms with van der Waals surface area (Å²) in [6.07, 6.45) is 9.85. The lowest BCUT2D eigenvalue weighted by Crippen LogP contribution is -2.11. The van der Waals surface area contributed by atoms with E-state index in [1.165, 1.54) is 60.8 Å². The van der Waals surface area contributed by atoms with Crippen LogP contribution in [0.2, 0.25) is 0 Å². The minimum atomic E-state index is 0.161. The van der Waals surface area contributed by atoms with Gasteiger partial charge in [0.2, 0.25) is 0 Å². The number of alkyl halides is 2. The highest BCUT2D eigenvalue weighted by Gasteiger charge is 2.20. The van der Waals surface area contributed by atoms with E-state index in [4.69, 9.17) is 4.74 Å². The zero-order valence-corrected chi connectivity index (χ0v) is 21.2. The van der Waals surface area contributed by atoms with Crippen molar-refractivity contribution in [2.24, 2.45) is 0 Å². The van der Waals surface area contributed by atoms with Crippen molar-refractivity contribution in [2.75, 3.05) is 10.7 Å². The Morgan fingerprint density at radius 1 is 0.586 bits per heavy atom. The molecule has 3 heteroatoms. The van der Waals surface area contributed by atoms with Crippen molar-refractivity contribution in [1.29, 1.82) is 0 Å². The summed E-state index contributed by atoms with van der Waals surface area (Å²) in [5.74, 6) is 0. The number of unbranched alkanes of at least 4 members (excludes halogenated alkanes) is 4. The van der Waals surface area contributed by atoms with E-state index in [1.54, 1.807) is 0 Å². The number of aryl methyl sites for hydroxylation is 2. The molecule has 160 valence electrons. The van der Waals surface area contributed by atoms with Gasteiger partial charge in [0.25, 0.3) is 0 Å². The topological polar surface area (TPSA) is 9.23 Å². The van der Waals surface area contributed by atoms with Gasteiger partial charge in [0, 0.05) is 10.7 Å². The van der Waals surface area contributed by atoms with E-state index in [1.807, 2.05) is 0 Å². The fourth-order valence-electron chi connectivity index (χ4n) is 3.59. The third-order valence-corrected chi connectivity index (χ3v) is 6.55. The SMILES string of the molecule is Cc1ccc(C(CCCCCBr)OC(CCCCCBr)c2ccc(C)cc2)cc1. The summed E-state index contributed by atoms with van der Waals surface area (Å²) < 4.78 is 6.84. The number of benzene rings is 2. The molecule has 0 spiro atoms. The molecule has 0 bridgehead atoms. The van der Waals surface area contributed by atoms with Gasteiger partial charge < -0.3 is 4.74 Å². The second-order valence-corrected chi connectivity index (χ2v) is 9.60. The Bertz CT molecular complexity index is 607. The van der Waals surface area contributed by atoms with Crippen molar-refractivity contribution in [1.82, 2.24) is 0 Å². The van der Waals surface area contributed by atoms with Gasteiger partial charge in [-0.1, -0.05) is 117 Å². The first-order valence-corrected chi connectivity index (χ1v) is 13.3. The standard InChI is InChI=1S/C26H36Br2O/c1-21-11-15-23(16-12-21)25(9-5-3-7-19-27)29-26(10-6-4-8-20-28)24-17-13-22(2)14-18-24/h11-18,25-26H,3-10,19-20H2,1-2H3. The van der Waals surface area contributed by atoms with Gasteiger partial charge in [0.15, 0.2) is 0 Å². The summed E-state index contributed by atoms with van der Waals surface area (Å²) in [4.78, 5) is 0. The third-order valence-electron chi connectivity index (χ3n) is 5.43. The van der Waals surface area contributed by atoms with Crippen LogP contribution >= 0.6 is 31.9 Å². The van der Waals surface area contributed by atoms with E-state index >= 15 is 0 Å². The van der Waals surface area contributed by atoms with Gasteiger partial charge in [-0.05, 0) is 50.7 Å². The van der Waals surface area contributed by atoms with Crippen LogP contribution in [0.4, 0.5) is 0 Å². The van der Waals surface area contributed by atoms with E-state index < -0.39 is 0 Å². The van der Waals surface area contributed by atoms with Gasteiger partial charge in [-0.15, -0.1) is 0 Å². The number of hydrogen-bond donors (Lipinski definition) is 0. The molecule has 2 unspecified atom stereocenters. The number of ether oxygens (including phenoxy) is 1. The molecule has 2 rings (SSSR count). The van der Waals surface area contributed by atoms with Crippen molar-refractivity contribution in [2.45, 2.75) is 77.4 Å². The highest BCUT2D eigenvalue weighted by Crippen LogP contribution is 2.34. The van der Waals surface area contributed by atoms with Crippen LogP contribution in [0.25, 0.3) is 0 Å². The normalized spacial score (nSPS) is 13.4. The van der Waals surface area contributed by atoms with Crippen LogP contribution < -0.4 is 0 Å². The predicted molar refractivity (Wildman–Crippen MR) is 133 cm³/mol. The molecular formula is C26H36Br2O. The number of rotatable bonds is 14. The highest BCUT2D eigenvalue weighted by molar-refractivity contribution is 9.09. The molecule has 0 amide bonds. The molecule has 0 aliphatic carbocycles. The first-order valence-electron chi connectivity index (χ1n) is 11.0. The lowest BCUT2D eigenvalue weighted by Gasteiger charge is -2.26. The fourth-order valence-corrected chi connectivity index (χ4v) is 4.38. The average Bonchev–Trinajstić information content (AvgIpc) is 2.73. The highest BCUT2D eigenvalue weighted by atomic mass is 79.9. The monoisotopic (exact) mass is 522 g/mol. The second kappa shape index (κ2) is 14.4. The van der Waals surface area contributed by atoms with Crippen LogP contribution in [-0.2, 0) is 4.74 Å². The van der Waals surface area contributed by atoms with Gasteiger partial charge >= 0.3 is 0 Å². The maximum Gasteiger partial charge on any atom is 0.0833 e.